The summed E-state index contributed by atoms with van der Waals surface area (Å²) < 4.78 is 55.7. The molecule has 0 saturated carbocycles. The van der Waals surface area contributed by atoms with Gasteiger partial charge in [-0.3, -0.25) is 9.71 Å². The van der Waals surface area contributed by atoms with E-state index in [4.69, 9.17) is 0 Å². The van der Waals surface area contributed by atoms with Gasteiger partial charge in [-0.25, -0.2) is 37.1 Å². The minimum Gasteiger partial charge on any atom is -0.333 e. The van der Waals surface area contributed by atoms with Gasteiger partial charge < -0.3 is 10.6 Å². The molecule has 1 aromatic carbocycles. The van der Waals surface area contributed by atoms with Crippen molar-refractivity contribution in [2.45, 2.75) is 13.3 Å². The van der Waals surface area contributed by atoms with Gasteiger partial charge in [0.05, 0.1) is 17.6 Å². The van der Waals surface area contributed by atoms with E-state index in [0.717, 1.165) is 12.1 Å². The molecule has 0 spiro atoms. The number of nitrogens with one attached hydrogen (secondary N) is 3. The maximum absolute atomic E-state index is 15.0. The normalized spacial score (nSPS) is 11.4. The van der Waals surface area contributed by atoms with Crippen LogP contribution in [0.25, 0.3) is 11.0 Å². The van der Waals surface area contributed by atoms with Gasteiger partial charge in [0.2, 0.25) is 16.0 Å². The standard InChI is InChI=1S/C20H18F2N8O2S/c1-2-9-33(31,32)30-14-4-3-13(21)17(16(14)22)28-19-18-15(25-11-26-19)10-24-20(29-18)27-12-5-7-23-8-6-12/h3-8,10-11,30H,2,9H2,1H3,(H,25,26,28)(H,23,24,27,29). The number of nitrogens with zero attached hydrogens (tertiary/aromatic N) is 5. The zero-order chi connectivity index (χ0) is 23.4. The van der Waals surface area contributed by atoms with Crippen LogP contribution in [0.2, 0.25) is 0 Å². The number of hydrogen-bond donors (Lipinski definition) is 3. The molecule has 0 aliphatic heterocycles. The van der Waals surface area contributed by atoms with Gasteiger partial charge >= 0.3 is 0 Å². The van der Waals surface area contributed by atoms with Crippen LogP contribution < -0.4 is 15.4 Å². The number of pyridine rings is 1. The molecular weight excluding hydrogens is 454 g/mol. The van der Waals surface area contributed by atoms with Crippen LogP contribution in [0.5, 0.6) is 0 Å². The van der Waals surface area contributed by atoms with Crippen LogP contribution in [0, 0.1) is 11.6 Å². The summed E-state index contributed by atoms with van der Waals surface area (Å²) in [5.41, 5.74) is 0.224. The van der Waals surface area contributed by atoms with E-state index in [1.165, 1.54) is 12.5 Å². The SMILES string of the molecule is CCCS(=O)(=O)Nc1ccc(F)c(Nc2ncnc3cnc(Nc4ccncc4)nc23)c1F. The highest BCUT2D eigenvalue weighted by molar-refractivity contribution is 7.92. The van der Waals surface area contributed by atoms with Gasteiger partial charge in [-0.1, -0.05) is 6.92 Å². The molecule has 3 N–H and O–H groups in total. The topological polar surface area (TPSA) is 135 Å². The van der Waals surface area contributed by atoms with E-state index in [-0.39, 0.29) is 28.7 Å². The fourth-order valence-corrected chi connectivity index (χ4v) is 4.05. The second-order valence-electron chi connectivity index (χ2n) is 6.84. The molecule has 0 aliphatic carbocycles. The van der Waals surface area contributed by atoms with Gasteiger partial charge in [0.15, 0.2) is 11.6 Å². The van der Waals surface area contributed by atoms with Crippen molar-refractivity contribution in [3.63, 3.8) is 0 Å². The predicted octanol–water partition coefficient (Wildman–Crippen LogP) is 3.73. The summed E-state index contributed by atoms with van der Waals surface area (Å²) in [5.74, 6) is -2.06. The van der Waals surface area contributed by atoms with Gasteiger partial charge in [-0.2, -0.15) is 0 Å². The lowest BCUT2D eigenvalue weighted by molar-refractivity contribution is 0.588. The first-order chi connectivity index (χ1) is 15.9. The number of rotatable bonds is 8. The third kappa shape index (κ3) is 5.09. The molecule has 0 atom stereocenters. The van der Waals surface area contributed by atoms with E-state index in [9.17, 15) is 12.8 Å². The van der Waals surface area contributed by atoms with Crippen molar-refractivity contribution >= 4 is 49.9 Å². The van der Waals surface area contributed by atoms with E-state index >= 15 is 4.39 Å². The molecule has 3 heterocycles. The van der Waals surface area contributed by atoms with Gasteiger partial charge in [0.25, 0.3) is 0 Å². The van der Waals surface area contributed by atoms with Crippen molar-refractivity contribution in [2.24, 2.45) is 0 Å². The van der Waals surface area contributed by atoms with E-state index in [1.54, 1.807) is 31.5 Å². The average Bonchev–Trinajstić information content (AvgIpc) is 2.79. The van der Waals surface area contributed by atoms with Crippen LogP contribution in [0.4, 0.5) is 37.6 Å². The zero-order valence-corrected chi connectivity index (χ0v) is 18.1. The molecule has 33 heavy (non-hydrogen) atoms. The molecule has 0 aliphatic rings. The Morgan fingerprint density at radius 3 is 2.55 bits per heavy atom. The largest absolute Gasteiger partial charge is 0.333 e. The smallest absolute Gasteiger partial charge is 0.232 e. The molecule has 10 nitrogen and oxygen atoms in total. The highest BCUT2D eigenvalue weighted by Gasteiger charge is 2.19. The van der Waals surface area contributed by atoms with Crippen LogP contribution in [0.15, 0.2) is 49.2 Å². The fraction of sp³-hybridized carbons (Fsp3) is 0.150. The van der Waals surface area contributed by atoms with E-state index in [1.807, 2.05) is 0 Å². The minimum absolute atomic E-state index is 0.00606. The summed E-state index contributed by atoms with van der Waals surface area (Å²) in [5, 5.41) is 5.56. The first-order valence-electron chi connectivity index (χ1n) is 9.76. The fourth-order valence-electron chi connectivity index (χ4n) is 2.92. The number of hydrogen-bond acceptors (Lipinski definition) is 9. The molecule has 170 valence electrons. The first kappa shape index (κ1) is 22.2. The zero-order valence-electron chi connectivity index (χ0n) is 17.2. The molecular formula is C20H18F2N8O2S. The maximum atomic E-state index is 15.0. The molecule has 4 rings (SSSR count). The molecule has 0 unspecified atom stereocenters. The van der Waals surface area contributed by atoms with Crippen molar-refractivity contribution in [3.05, 3.63) is 60.8 Å². The van der Waals surface area contributed by atoms with Crippen LogP contribution >= 0.6 is 0 Å². The van der Waals surface area contributed by atoms with Crippen LogP contribution in [-0.4, -0.2) is 39.1 Å². The Bertz CT molecular complexity index is 1400. The Kier molecular flexibility index (Phi) is 6.22. The Labute approximate surface area is 187 Å². The molecule has 0 fully saturated rings. The number of aromatic nitrogens is 5. The summed E-state index contributed by atoms with van der Waals surface area (Å²) in [4.78, 5) is 20.6. The first-order valence-corrected chi connectivity index (χ1v) is 11.4. The van der Waals surface area contributed by atoms with Crippen molar-refractivity contribution in [1.82, 2.24) is 24.9 Å². The Hall–Kier alpha value is -4.00. The van der Waals surface area contributed by atoms with Gasteiger partial charge in [0, 0.05) is 18.1 Å². The summed E-state index contributed by atoms with van der Waals surface area (Å²) in [6, 6.07) is 5.39. The quantitative estimate of drug-likeness (QED) is 0.350. The van der Waals surface area contributed by atoms with E-state index < -0.39 is 27.3 Å². The number of halogens is 2. The Balaban J connectivity index is 1.70. The third-order valence-corrected chi connectivity index (χ3v) is 5.86. The minimum atomic E-state index is -3.78. The molecule has 0 radical (unpaired) electrons. The highest BCUT2D eigenvalue weighted by atomic mass is 32.2. The maximum Gasteiger partial charge on any atom is 0.232 e. The molecule has 13 heteroatoms. The molecule has 0 saturated heterocycles. The van der Waals surface area contributed by atoms with Crippen LogP contribution in [0.3, 0.4) is 0 Å². The molecule has 3 aromatic heterocycles. The lowest BCUT2D eigenvalue weighted by Crippen LogP contribution is -2.17. The lowest BCUT2D eigenvalue weighted by Gasteiger charge is -2.14. The van der Waals surface area contributed by atoms with E-state index in [2.05, 4.69) is 40.3 Å². The average molecular weight is 472 g/mol. The van der Waals surface area contributed by atoms with Crippen molar-refractivity contribution < 1.29 is 17.2 Å². The highest BCUT2D eigenvalue weighted by Crippen LogP contribution is 2.30. The number of benzene rings is 1. The van der Waals surface area contributed by atoms with Crippen molar-refractivity contribution in [1.29, 1.82) is 0 Å². The van der Waals surface area contributed by atoms with Gasteiger partial charge in [-0.15, -0.1) is 0 Å². The summed E-state index contributed by atoms with van der Waals surface area (Å²) in [6.07, 6.45) is 6.14. The number of fused-ring (bicyclic) bond motifs is 1. The van der Waals surface area contributed by atoms with Crippen LogP contribution in [0.1, 0.15) is 13.3 Å². The lowest BCUT2D eigenvalue weighted by atomic mass is 10.2. The summed E-state index contributed by atoms with van der Waals surface area (Å²) in [7, 11) is -3.78. The molecule has 0 amide bonds. The second kappa shape index (κ2) is 9.24. The number of anilines is 5. The van der Waals surface area contributed by atoms with Crippen LogP contribution in [-0.2, 0) is 10.0 Å². The third-order valence-electron chi connectivity index (χ3n) is 4.39. The van der Waals surface area contributed by atoms with Crippen molar-refractivity contribution in [2.75, 3.05) is 21.1 Å². The second-order valence-corrected chi connectivity index (χ2v) is 8.68. The predicted molar refractivity (Wildman–Crippen MR) is 120 cm³/mol. The molecule has 4 aromatic rings. The Morgan fingerprint density at radius 2 is 1.79 bits per heavy atom. The Morgan fingerprint density at radius 1 is 1.00 bits per heavy atom. The van der Waals surface area contributed by atoms with E-state index in [0.29, 0.717) is 17.6 Å². The number of sulfonamides is 1. The van der Waals surface area contributed by atoms with Gasteiger partial charge in [-0.05, 0) is 30.7 Å². The molecule has 0 bridgehead atoms. The van der Waals surface area contributed by atoms with Crippen molar-refractivity contribution in [3.8, 4) is 0 Å². The summed E-state index contributed by atoms with van der Waals surface area (Å²) >= 11 is 0. The summed E-state index contributed by atoms with van der Waals surface area (Å²) in [6.45, 7) is 1.67. The van der Waals surface area contributed by atoms with Gasteiger partial charge in [0.1, 0.15) is 28.9 Å². The monoisotopic (exact) mass is 472 g/mol.